The van der Waals surface area contributed by atoms with Crippen LogP contribution in [0.5, 0.6) is 11.5 Å². The van der Waals surface area contributed by atoms with Crippen LogP contribution in [-0.2, 0) is 4.74 Å². The molecule has 1 aliphatic heterocycles. The Morgan fingerprint density at radius 3 is 2.62 bits per heavy atom. The predicted molar refractivity (Wildman–Crippen MR) is 73.4 cm³/mol. The average molecular weight is 316 g/mol. The van der Waals surface area contributed by atoms with Crippen molar-refractivity contribution < 1.29 is 31.7 Å². The minimum Gasteiger partial charge on any atom is -1.00 e. The number of methoxy groups -OCH3 is 1. The van der Waals surface area contributed by atoms with Gasteiger partial charge in [0.25, 0.3) is 0 Å². The highest BCUT2D eigenvalue weighted by Crippen LogP contribution is 2.40. The van der Waals surface area contributed by atoms with Crippen molar-refractivity contribution in [1.29, 1.82) is 5.39 Å². The first-order valence-electron chi connectivity index (χ1n) is 6.43. The fourth-order valence-corrected chi connectivity index (χ4v) is 2.10. The van der Waals surface area contributed by atoms with Crippen LogP contribution in [0.2, 0.25) is 0 Å². The topological polar surface area (TPSA) is 79.3 Å². The highest BCUT2D eigenvalue weighted by atomic mass is 35.5. The number of benzene rings is 1. The lowest BCUT2D eigenvalue weighted by Gasteiger charge is -2.29. The number of hydrogen-bond donors (Lipinski definition) is 1. The molecule has 1 aromatic carbocycles. The maximum atomic E-state index is 9.03. The molecule has 0 unspecified atom stereocenters. The van der Waals surface area contributed by atoms with E-state index in [1.165, 1.54) is 0 Å². The molecule has 1 heterocycles. The molecule has 0 aromatic heterocycles. The van der Waals surface area contributed by atoms with Gasteiger partial charge in [-0.15, -0.1) is 0 Å². The van der Waals surface area contributed by atoms with Crippen LogP contribution in [0, 0.1) is 5.39 Å². The van der Waals surface area contributed by atoms with Gasteiger partial charge in [0.05, 0.1) is 38.7 Å². The van der Waals surface area contributed by atoms with Gasteiger partial charge in [0, 0.05) is 19.2 Å². The second-order valence-corrected chi connectivity index (χ2v) is 4.26. The number of diazo groups is 1. The Morgan fingerprint density at radius 1 is 1.33 bits per heavy atom. The zero-order valence-corrected chi connectivity index (χ0v) is 12.5. The maximum Gasteiger partial charge on any atom is 0.430 e. The van der Waals surface area contributed by atoms with Gasteiger partial charge in [-0.3, -0.25) is 0 Å². The Bertz CT molecular complexity index is 501. The quantitative estimate of drug-likeness (QED) is 0.659. The van der Waals surface area contributed by atoms with Gasteiger partial charge in [0.1, 0.15) is 6.61 Å². The molecule has 0 aliphatic carbocycles. The van der Waals surface area contributed by atoms with Crippen LogP contribution in [-0.4, -0.2) is 51.7 Å². The highest BCUT2D eigenvalue weighted by molar-refractivity contribution is 5.72. The maximum absolute atomic E-state index is 9.03. The molecule has 8 heteroatoms. The second kappa shape index (κ2) is 8.52. The van der Waals surface area contributed by atoms with Crippen molar-refractivity contribution in [2.75, 3.05) is 51.5 Å². The highest BCUT2D eigenvalue weighted by Gasteiger charge is 2.24. The van der Waals surface area contributed by atoms with Crippen molar-refractivity contribution in [3.63, 3.8) is 0 Å². The average Bonchev–Trinajstić information content (AvgIpc) is 2.52. The number of aliphatic hydroxyl groups is 1. The SMILES string of the molecule is COc1cc([N+]#N)c(OCCO)cc1N1CCOCC1.[Cl-]. The van der Waals surface area contributed by atoms with E-state index < -0.39 is 0 Å². The van der Waals surface area contributed by atoms with Gasteiger partial charge in [-0.25, -0.2) is 0 Å². The smallest absolute Gasteiger partial charge is 0.430 e. The van der Waals surface area contributed by atoms with Crippen molar-refractivity contribution in [1.82, 2.24) is 0 Å². The molecule has 116 valence electrons. The van der Waals surface area contributed by atoms with Gasteiger partial charge >= 0.3 is 5.69 Å². The van der Waals surface area contributed by atoms with Crippen LogP contribution in [0.4, 0.5) is 11.4 Å². The zero-order valence-electron chi connectivity index (χ0n) is 11.8. The lowest BCUT2D eigenvalue weighted by Crippen LogP contribution is -3.00. The summed E-state index contributed by atoms with van der Waals surface area (Å²) in [6.45, 7) is 2.85. The first-order chi connectivity index (χ1) is 9.80. The molecule has 1 fully saturated rings. The van der Waals surface area contributed by atoms with Gasteiger partial charge in [0.15, 0.2) is 10.7 Å². The first kappa shape index (κ1) is 17.3. The zero-order chi connectivity index (χ0) is 14.4. The molecule has 0 spiro atoms. The van der Waals surface area contributed by atoms with Crippen LogP contribution in [0.15, 0.2) is 12.1 Å². The normalized spacial score (nSPS) is 14.0. The van der Waals surface area contributed by atoms with Crippen molar-refractivity contribution in [3.8, 4) is 11.5 Å². The third-order valence-corrected chi connectivity index (χ3v) is 3.07. The summed E-state index contributed by atoms with van der Waals surface area (Å²) in [5, 5.41) is 17.9. The molecule has 0 bridgehead atoms. The van der Waals surface area contributed by atoms with Crippen LogP contribution in [0.3, 0.4) is 0 Å². The molecule has 0 atom stereocenters. The summed E-state index contributed by atoms with van der Waals surface area (Å²) in [7, 11) is 1.56. The Hall–Kier alpha value is -1.75. The minimum atomic E-state index is -0.107. The van der Waals surface area contributed by atoms with Crippen LogP contribution >= 0.6 is 0 Å². The number of ether oxygens (including phenoxy) is 3. The fourth-order valence-electron chi connectivity index (χ4n) is 2.10. The van der Waals surface area contributed by atoms with E-state index in [0.717, 1.165) is 18.8 Å². The summed E-state index contributed by atoms with van der Waals surface area (Å²) in [4.78, 5) is 5.31. The molecule has 21 heavy (non-hydrogen) atoms. The summed E-state index contributed by atoms with van der Waals surface area (Å²) in [6, 6.07) is 3.37. The van der Waals surface area contributed by atoms with Crippen molar-refractivity contribution in [3.05, 3.63) is 17.1 Å². The summed E-state index contributed by atoms with van der Waals surface area (Å²) >= 11 is 0. The molecule has 1 aliphatic rings. The van der Waals surface area contributed by atoms with E-state index in [1.807, 2.05) is 0 Å². The third kappa shape index (κ3) is 4.11. The number of rotatable bonds is 5. The van der Waals surface area contributed by atoms with E-state index in [9.17, 15) is 0 Å². The monoisotopic (exact) mass is 315 g/mol. The van der Waals surface area contributed by atoms with E-state index in [1.54, 1.807) is 19.2 Å². The number of aliphatic hydroxyl groups excluding tert-OH is 1. The molecule has 1 N–H and O–H groups in total. The molecule has 0 radical (unpaired) electrons. The van der Waals surface area contributed by atoms with Crippen molar-refractivity contribution >= 4 is 11.4 Å². The molecular formula is C13H18ClN3O4. The molecule has 7 nitrogen and oxygen atoms in total. The van der Waals surface area contributed by atoms with E-state index in [4.69, 9.17) is 24.7 Å². The Kier molecular flexibility index (Phi) is 7.02. The van der Waals surface area contributed by atoms with Crippen molar-refractivity contribution in [2.24, 2.45) is 0 Å². The number of hydrogen-bond acceptors (Lipinski definition) is 6. The molecule has 0 amide bonds. The largest absolute Gasteiger partial charge is 1.00 e. The van der Waals surface area contributed by atoms with Gasteiger partial charge in [0.2, 0.25) is 11.1 Å². The van der Waals surface area contributed by atoms with Crippen LogP contribution in [0.25, 0.3) is 4.98 Å². The number of halogens is 1. The third-order valence-electron chi connectivity index (χ3n) is 3.07. The molecule has 2 rings (SSSR count). The second-order valence-electron chi connectivity index (χ2n) is 4.26. The van der Waals surface area contributed by atoms with Crippen LogP contribution < -0.4 is 26.8 Å². The lowest BCUT2D eigenvalue weighted by molar-refractivity contribution is -0.00000655. The molecular weight excluding hydrogens is 298 g/mol. The predicted octanol–water partition coefficient (Wildman–Crippen LogP) is -1.61. The molecule has 1 saturated heterocycles. The summed E-state index contributed by atoms with van der Waals surface area (Å²) in [6.07, 6.45) is 0. The van der Waals surface area contributed by atoms with E-state index in [2.05, 4.69) is 9.88 Å². The van der Waals surface area contributed by atoms with Gasteiger partial charge in [-0.05, 0) is 0 Å². The Labute approximate surface area is 129 Å². The van der Waals surface area contributed by atoms with Gasteiger partial charge in [-0.1, -0.05) is 0 Å². The minimum absolute atomic E-state index is 0. The van der Waals surface area contributed by atoms with Gasteiger partial charge < -0.3 is 36.6 Å². The van der Waals surface area contributed by atoms with Crippen molar-refractivity contribution in [2.45, 2.75) is 0 Å². The van der Waals surface area contributed by atoms with E-state index in [0.29, 0.717) is 24.7 Å². The summed E-state index contributed by atoms with van der Waals surface area (Å²) < 4.78 is 16.1. The summed E-state index contributed by atoms with van der Waals surface area (Å²) in [5.41, 5.74) is 1.13. The van der Waals surface area contributed by atoms with Gasteiger partial charge in [-0.2, -0.15) is 0 Å². The lowest BCUT2D eigenvalue weighted by atomic mass is 10.2. The summed E-state index contributed by atoms with van der Waals surface area (Å²) in [5.74, 6) is 1.01. The fraction of sp³-hybridized carbons (Fsp3) is 0.538. The number of anilines is 1. The molecule has 1 aromatic rings. The van der Waals surface area contributed by atoms with E-state index in [-0.39, 0.29) is 31.3 Å². The number of nitrogens with zero attached hydrogens (tertiary/aromatic N) is 3. The van der Waals surface area contributed by atoms with E-state index >= 15 is 0 Å². The van der Waals surface area contributed by atoms with Crippen LogP contribution in [0.1, 0.15) is 0 Å². The Balaban J connectivity index is 0.00000220. The number of morpholine rings is 1. The first-order valence-corrected chi connectivity index (χ1v) is 6.43. The molecule has 0 saturated carbocycles. The standard InChI is InChI=1S/C13H18N3O4.ClH/c1-18-13-8-10(15-14)12(20-7-4-17)9-11(13)16-2-5-19-6-3-16;/h8-9,17H,2-7H2,1H3;1H/q+1;/p-1. The Morgan fingerprint density at radius 2 is 2.05 bits per heavy atom.